The predicted molar refractivity (Wildman–Crippen MR) is 107 cm³/mol. The number of hydrogen-bond donors (Lipinski definition) is 1. The van der Waals surface area contributed by atoms with Gasteiger partial charge in [0.15, 0.2) is 0 Å². The third kappa shape index (κ3) is 5.37. The van der Waals surface area contributed by atoms with Gasteiger partial charge in [0.25, 0.3) is 5.56 Å². The van der Waals surface area contributed by atoms with Crippen molar-refractivity contribution in [1.29, 1.82) is 0 Å². The molecule has 7 heteroatoms. The van der Waals surface area contributed by atoms with E-state index in [9.17, 15) is 14.0 Å². The van der Waals surface area contributed by atoms with E-state index in [2.05, 4.69) is 10.4 Å². The van der Waals surface area contributed by atoms with Crippen molar-refractivity contribution in [2.24, 2.45) is 0 Å². The zero-order chi connectivity index (χ0) is 19.9. The Morgan fingerprint density at radius 1 is 1.07 bits per heavy atom. The summed E-state index contributed by atoms with van der Waals surface area (Å²) in [6, 6.07) is 16.0. The lowest BCUT2D eigenvalue weighted by Gasteiger charge is -2.08. The first-order valence-corrected chi connectivity index (χ1v) is 8.95. The van der Waals surface area contributed by atoms with Crippen molar-refractivity contribution in [1.82, 2.24) is 15.1 Å². The summed E-state index contributed by atoms with van der Waals surface area (Å²) in [5.74, 6) is -0.647. The maximum Gasteiger partial charge on any atom is 0.266 e. The molecule has 1 N–H and O–H groups in total. The summed E-state index contributed by atoms with van der Waals surface area (Å²) in [4.78, 5) is 23.9. The fourth-order valence-electron chi connectivity index (χ4n) is 2.47. The molecule has 1 aromatic heterocycles. The molecule has 28 heavy (non-hydrogen) atoms. The second-order valence-electron chi connectivity index (χ2n) is 5.96. The van der Waals surface area contributed by atoms with Gasteiger partial charge in [-0.05, 0) is 42.0 Å². The van der Waals surface area contributed by atoms with Crippen molar-refractivity contribution >= 4 is 23.6 Å². The number of aromatic nitrogens is 2. The Balaban J connectivity index is 1.59. The molecule has 0 saturated carbocycles. The minimum absolute atomic E-state index is 0.233. The van der Waals surface area contributed by atoms with Crippen LogP contribution < -0.4 is 10.9 Å². The zero-order valence-electron chi connectivity index (χ0n) is 14.8. The molecule has 5 nitrogen and oxygen atoms in total. The average Bonchev–Trinajstić information content (AvgIpc) is 2.70. The van der Waals surface area contributed by atoms with Gasteiger partial charge in [0.05, 0.1) is 12.2 Å². The Morgan fingerprint density at radius 3 is 2.50 bits per heavy atom. The second kappa shape index (κ2) is 9.10. The van der Waals surface area contributed by atoms with E-state index in [0.717, 1.165) is 5.56 Å². The maximum absolute atomic E-state index is 12.9. The van der Waals surface area contributed by atoms with Crippen LogP contribution in [-0.4, -0.2) is 22.2 Å². The van der Waals surface area contributed by atoms with Crippen molar-refractivity contribution < 1.29 is 9.18 Å². The molecule has 0 aliphatic carbocycles. The number of carbonyl (C=O) groups is 1. The highest BCUT2D eigenvalue weighted by molar-refractivity contribution is 6.30. The molecular formula is C21H17ClFN3O2. The Kier molecular flexibility index (Phi) is 6.34. The Morgan fingerprint density at radius 2 is 1.79 bits per heavy atom. The van der Waals surface area contributed by atoms with E-state index in [1.54, 1.807) is 36.4 Å². The molecule has 0 saturated heterocycles. The van der Waals surface area contributed by atoms with Crippen LogP contribution in [-0.2, 0) is 11.3 Å². The topological polar surface area (TPSA) is 64.0 Å². The van der Waals surface area contributed by atoms with Crippen molar-refractivity contribution in [3.05, 3.63) is 93.5 Å². The number of nitrogens with zero attached hydrogens (tertiary/aromatic N) is 2. The third-order valence-corrected chi connectivity index (χ3v) is 4.18. The normalized spacial score (nSPS) is 10.9. The lowest BCUT2D eigenvalue weighted by Crippen LogP contribution is -2.31. The van der Waals surface area contributed by atoms with Crippen molar-refractivity contribution in [2.75, 3.05) is 6.54 Å². The van der Waals surface area contributed by atoms with Gasteiger partial charge in [0.1, 0.15) is 5.82 Å². The van der Waals surface area contributed by atoms with Crippen LogP contribution in [0.5, 0.6) is 0 Å². The zero-order valence-corrected chi connectivity index (χ0v) is 15.6. The SMILES string of the molecule is O=C(/C=C/c1ccc(F)cc1)NCCn1nc(-c2ccc(Cl)cc2)ccc1=O. The van der Waals surface area contributed by atoms with Gasteiger partial charge in [0, 0.05) is 29.3 Å². The number of halogens is 2. The van der Waals surface area contributed by atoms with E-state index >= 15 is 0 Å². The van der Waals surface area contributed by atoms with Crippen molar-refractivity contribution in [2.45, 2.75) is 6.54 Å². The largest absolute Gasteiger partial charge is 0.351 e. The molecule has 3 aromatic rings. The van der Waals surface area contributed by atoms with Crippen LogP contribution in [0.15, 0.2) is 71.5 Å². The van der Waals surface area contributed by atoms with Gasteiger partial charge in [0.2, 0.25) is 5.91 Å². The molecule has 0 aliphatic heterocycles. The first-order chi connectivity index (χ1) is 13.5. The van der Waals surface area contributed by atoms with Crippen LogP contribution in [0, 0.1) is 5.82 Å². The quantitative estimate of drug-likeness (QED) is 0.647. The van der Waals surface area contributed by atoms with Gasteiger partial charge in [-0.3, -0.25) is 9.59 Å². The molecule has 1 amide bonds. The number of benzene rings is 2. The van der Waals surface area contributed by atoms with Gasteiger partial charge in [-0.25, -0.2) is 9.07 Å². The molecule has 3 rings (SSSR count). The third-order valence-electron chi connectivity index (χ3n) is 3.93. The lowest BCUT2D eigenvalue weighted by molar-refractivity contribution is -0.116. The van der Waals surface area contributed by atoms with E-state index < -0.39 is 0 Å². The van der Waals surface area contributed by atoms with Crippen molar-refractivity contribution in [3.63, 3.8) is 0 Å². The summed E-state index contributed by atoms with van der Waals surface area (Å²) in [5, 5.41) is 7.64. The first-order valence-electron chi connectivity index (χ1n) is 8.57. The van der Waals surface area contributed by atoms with Gasteiger partial charge < -0.3 is 5.32 Å². The number of rotatable bonds is 6. The molecule has 0 bridgehead atoms. The molecule has 0 radical (unpaired) electrons. The maximum atomic E-state index is 12.9. The van der Waals surface area contributed by atoms with Crippen LogP contribution in [0.25, 0.3) is 17.3 Å². The molecule has 1 heterocycles. The smallest absolute Gasteiger partial charge is 0.266 e. The Bertz CT molecular complexity index is 1040. The van der Waals surface area contributed by atoms with Gasteiger partial charge in [-0.2, -0.15) is 5.10 Å². The number of carbonyl (C=O) groups excluding carboxylic acids is 1. The highest BCUT2D eigenvalue weighted by atomic mass is 35.5. The molecule has 142 valence electrons. The highest BCUT2D eigenvalue weighted by Gasteiger charge is 2.04. The van der Waals surface area contributed by atoms with Crippen LogP contribution in [0.2, 0.25) is 5.02 Å². The second-order valence-corrected chi connectivity index (χ2v) is 6.40. The summed E-state index contributed by atoms with van der Waals surface area (Å²) in [6.45, 7) is 0.472. The summed E-state index contributed by atoms with van der Waals surface area (Å²) in [5.41, 5.74) is 1.93. The summed E-state index contributed by atoms with van der Waals surface area (Å²) in [6.07, 6.45) is 2.94. The fourth-order valence-corrected chi connectivity index (χ4v) is 2.60. The number of hydrogen-bond acceptors (Lipinski definition) is 3. The van der Waals surface area contributed by atoms with Gasteiger partial charge >= 0.3 is 0 Å². The predicted octanol–water partition coefficient (Wildman–Crippen LogP) is 3.53. The first kappa shape index (κ1) is 19.5. The minimum Gasteiger partial charge on any atom is -0.351 e. The Hall–Kier alpha value is -3.25. The average molecular weight is 398 g/mol. The highest BCUT2D eigenvalue weighted by Crippen LogP contribution is 2.18. The fraction of sp³-hybridized carbons (Fsp3) is 0.0952. The lowest BCUT2D eigenvalue weighted by atomic mass is 10.1. The van der Waals surface area contributed by atoms with E-state index in [-0.39, 0.29) is 30.4 Å². The molecule has 0 atom stereocenters. The molecular weight excluding hydrogens is 381 g/mol. The van der Waals surface area contributed by atoms with E-state index in [4.69, 9.17) is 11.6 Å². The number of nitrogens with one attached hydrogen (secondary N) is 1. The van der Waals surface area contributed by atoms with Crippen LogP contribution in [0.3, 0.4) is 0 Å². The molecule has 0 spiro atoms. The molecule has 0 fully saturated rings. The van der Waals surface area contributed by atoms with E-state index in [1.807, 2.05) is 12.1 Å². The summed E-state index contributed by atoms with van der Waals surface area (Å²) in [7, 11) is 0. The molecule has 0 aliphatic rings. The standard InChI is InChI=1S/C21H17ClFN3O2/c22-17-6-4-16(5-7-17)19-10-12-21(28)26(25-19)14-13-24-20(27)11-3-15-1-8-18(23)9-2-15/h1-12H,13-14H2,(H,24,27)/b11-3+. The molecule has 2 aromatic carbocycles. The van der Waals surface area contributed by atoms with E-state index in [0.29, 0.717) is 16.3 Å². The van der Waals surface area contributed by atoms with Crippen molar-refractivity contribution in [3.8, 4) is 11.3 Å². The van der Waals surface area contributed by atoms with Gasteiger partial charge in [-0.1, -0.05) is 35.9 Å². The molecule has 0 unspecified atom stereocenters. The van der Waals surface area contributed by atoms with Crippen LogP contribution in [0.4, 0.5) is 4.39 Å². The van der Waals surface area contributed by atoms with Crippen LogP contribution >= 0.6 is 11.6 Å². The van der Waals surface area contributed by atoms with E-state index in [1.165, 1.54) is 29.0 Å². The summed E-state index contributed by atoms with van der Waals surface area (Å²) < 4.78 is 14.2. The van der Waals surface area contributed by atoms with Gasteiger partial charge in [-0.15, -0.1) is 0 Å². The van der Waals surface area contributed by atoms with Crippen LogP contribution in [0.1, 0.15) is 5.56 Å². The number of amides is 1. The monoisotopic (exact) mass is 397 g/mol. The minimum atomic E-state index is -0.333. The summed E-state index contributed by atoms with van der Waals surface area (Å²) >= 11 is 5.89. The Labute approximate surface area is 166 Å².